The van der Waals surface area contributed by atoms with Crippen molar-refractivity contribution in [2.24, 2.45) is 5.92 Å². The number of anilines is 1. The maximum Gasteiger partial charge on any atom is 0.322 e. The van der Waals surface area contributed by atoms with E-state index in [0.29, 0.717) is 32.1 Å². The largest absolute Gasteiger partial charge is 0.343 e. The number of likely N-dealkylation sites (N-methyl/N-ethyl adjacent to an activating group) is 1. The molecular formula is C37H50N8O3. The summed E-state index contributed by atoms with van der Waals surface area (Å²) < 4.78 is 0. The normalized spacial score (nSPS) is 21.4. The third kappa shape index (κ3) is 7.37. The summed E-state index contributed by atoms with van der Waals surface area (Å²) >= 11 is 0. The van der Waals surface area contributed by atoms with Gasteiger partial charge in [-0.1, -0.05) is 24.3 Å². The number of fused-ring (bicyclic) bond motifs is 2. The molecule has 1 aromatic heterocycles. The van der Waals surface area contributed by atoms with Gasteiger partial charge in [-0.2, -0.15) is 5.10 Å². The van der Waals surface area contributed by atoms with Gasteiger partial charge in [0.15, 0.2) is 0 Å². The first kappa shape index (κ1) is 32.6. The van der Waals surface area contributed by atoms with E-state index in [1.54, 1.807) is 6.20 Å². The van der Waals surface area contributed by atoms with Crippen LogP contribution < -0.4 is 5.32 Å². The highest BCUT2D eigenvalue weighted by atomic mass is 16.2. The van der Waals surface area contributed by atoms with Crippen molar-refractivity contribution < 1.29 is 14.4 Å². The molecule has 3 saturated heterocycles. The summed E-state index contributed by atoms with van der Waals surface area (Å²) in [4.78, 5) is 52.1. The summed E-state index contributed by atoms with van der Waals surface area (Å²) in [6.45, 7) is 7.82. The van der Waals surface area contributed by atoms with Crippen LogP contribution in [-0.2, 0) is 22.4 Å². The van der Waals surface area contributed by atoms with Crippen LogP contribution in [0.4, 0.5) is 10.5 Å². The first-order valence-corrected chi connectivity index (χ1v) is 18.0. The minimum absolute atomic E-state index is 0.0347. The van der Waals surface area contributed by atoms with E-state index < -0.39 is 5.92 Å². The lowest BCUT2D eigenvalue weighted by Gasteiger charge is -2.40. The topological polar surface area (TPSA) is 108 Å². The Morgan fingerprint density at radius 2 is 1.65 bits per heavy atom. The molecule has 2 aromatic carbocycles. The molecule has 2 N–H and O–H groups in total. The summed E-state index contributed by atoms with van der Waals surface area (Å²) in [5, 5.41) is 11.3. The lowest BCUT2D eigenvalue weighted by Crippen LogP contribution is -2.51. The average Bonchev–Trinajstić information content (AvgIpc) is 3.37. The standard InChI is InChI=1S/C37H50N8O3/c1-41-14-4-15-42(22-21-41)31-10-18-44(19-11-31)36(47)29(23-27-7-8-34-30(24-27)26-38-40-34)25-35(46)43-16-12-32(13-17-43)45-20-9-28-5-2-3-6-33(28)39-37(45)48/h2-3,5-8,24,26,29,31-32H,4,9-23,25H2,1H3,(H,38,40)(H,39,48). The van der Waals surface area contributed by atoms with Gasteiger partial charge in [0.25, 0.3) is 0 Å². The Labute approximate surface area is 283 Å². The molecule has 256 valence electrons. The number of H-pyrrole nitrogens is 1. The number of hydrogen-bond donors (Lipinski definition) is 2. The van der Waals surface area contributed by atoms with Crippen LogP contribution in [0.1, 0.15) is 49.7 Å². The Balaban J connectivity index is 0.981. The van der Waals surface area contributed by atoms with Crippen LogP contribution >= 0.6 is 0 Å². The molecule has 5 heterocycles. The van der Waals surface area contributed by atoms with Crippen molar-refractivity contribution in [1.82, 2.24) is 34.7 Å². The van der Waals surface area contributed by atoms with E-state index in [2.05, 4.69) is 44.5 Å². The lowest BCUT2D eigenvalue weighted by molar-refractivity contribution is -0.143. The fourth-order valence-corrected chi connectivity index (χ4v) is 8.30. The average molecular weight is 655 g/mol. The molecular weight excluding hydrogens is 604 g/mol. The van der Waals surface area contributed by atoms with Crippen LogP contribution in [0.15, 0.2) is 48.7 Å². The van der Waals surface area contributed by atoms with Gasteiger partial charge in [-0.15, -0.1) is 0 Å². The summed E-state index contributed by atoms with van der Waals surface area (Å²) in [5.74, 6) is -0.286. The first-order valence-electron chi connectivity index (χ1n) is 18.0. The van der Waals surface area contributed by atoms with Gasteiger partial charge < -0.3 is 24.9 Å². The molecule has 11 nitrogen and oxygen atoms in total. The van der Waals surface area contributed by atoms with E-state index in [9.17, 15) is 14.4 Å². The Morgan fingerprint density at radius 1 is 0.875 bits per heavy atom. The van der Waals surface area contributed by atoms with E-state index in [1.165, 1.54) is 6.42 Å². The third-order valence-electron chi connectivity index (χ3n) is 11.2. The number of aromatic amines is 1. The summed E-state index contributed by atoms with van der Waals surface area (Å²) in [7, 11) is 2.20. The fourth-order valence-electron chi connectivity index (χ4n) is 8.30. The van der Waals surface area contributed by atoms with Crippen molar-refractivity contribution in [3.8, 4) is 0 Å². The van der Waals surface area contributed by atoms with Gasteiger partial charge in [-0.3, -0.25) is 19.6 Å². The lowest BCUT2D eigenvalue weighted by atomic mass is 9.91. The van der Waals surface area contributed by atoms with Crippen molar-refractivity contribution in [2.75, 3.05) is 71.3 Å². The Kier molecular flexibility index (Phi) is 9.95. The van der Waals surface area contributed by atoms with Crippen LogP contribution in [0.3, 0.4) is 0 Å². The second-order valence-electron chi connectivity index (χ2n) is 14.3. The highest BCUT2D eigenvalue weighted by Gasteiger charge is 2.35. The van der Waals surface area contributed by atoms with Crippen LogP contribution in [-0.4, -0.2) is 131 Å². The molecule has 48 heavy (non-hydrogen) atoms. The number of carbonyl (C=O) groups excluding carboxylic acids is 3. The van der Waals surface area contributed by atoms with Gasteiger partial charge in [0.2, 0.25) is 11.8 Å². The molecule has 7 rings (SSSR count). The van der Waals surface area contributed by atoms with Gasteiger partial charge in [-0.25, -0.2) is 4.79 Å². The van der Waals surface area contributed by atoms with Crippen molar-refractivity contribution >= 4 is 34.4 Å². The molecule has 11 heteroatoms. The number of carbonyl (C=O) groups is 3. The molecule has 4 aliphatic heterocycles. The number of nitrogens with one attached hydrogen (secondary N) is 2. The minimum atomic E-state index is -0.419. The zero-order valence-electron chi connectivity index (χ0n) is 28.3. The maximum absolute atomic E-state index is 14.2. The van der Waals surface area contributed by atoms with Gasteiger partial charge in [0.1, 0.15) is 0 Å². The fraction of sp³-hybridized carbons (Fsp3) is 0.568. The predicted molar refractivity (Wildman–Crippen MR) is 187 cm³/mol. The monoisotopic (exact) mass is 654 g/mol. The SMILES string of the molecule is CN1CCCN(C2CCN(C(=O)C(CC(=O)N3CCC(N4CCc5ccccc5NC4=O)CC3)Cc3ccc4[nH]ncc4c3)CC2)CC1. The number of piperidine rings is 2. The molecule has 4 aliphatic rings. The van der Waals surface area contributed by atoms with Crippen LogP contribution in [0.2, 0.25) is 0 Å². The molecule has 3 aromatic rings. The van der Waals surface area contributed by atoms with Crippen LogP contribution in [0, 0.1) is 5.92 Å². The minimum Gasteiger partial charge on any atom is -0.343 e. The number of hydrogen-bond acceptors (Lipinski definition) is 6. The van der Waals surface area contributed by atoms with Crippen molar-refractivity contribution in [3.63, 3.8) is 0 Å². The van der Waals surface area contributed by atoms with Crippen molar-refractivity contribution in [2.45, 2.75) is 63.5 Å². The number of benzene rings is 2. The number of likely N-dealkylation sites (tertiary alicyclic amines) is 2. The maximum atomic E-state index is 14.2. The number of aromatic nitrogens is 2. The third-order valence-corrected chi connectivity index (χ3v) is 11.2. The van der Waals surface area contributed by atoms with E-state index in [0.717, 1.165) is 99.1 Å². The predicted octanol–water partition coefficient (Wildman–Crippen LogP) is 3.82. The second-order valence-corrected chi connectivity index (χ2v) is 14.3. The summed E-state index contributed by atoms with van der Waals surface area (Å²) in [5.41, 5.74) is 4.05. The van der Waals surface area contributed by atoms with Gasteiger partial charge in [0.05, 0.1) is 17.6 Å². The van der Waals surface area contributed by atoms with Crippen LogP contribution in [0.25, 0.3) is 10.9 Å². The number of rotatable bonds is 7. The zero-order valence-corrected chi connectivity index (χ0v) is 28.3. The molecule has 0 saturated carbocycles. The molecule has 0 aliphatic carbocycles. The molecule has 1 unspecified atom stereocenters. The van der Waals surface area contributed by atoms with E-state index in [-0.39, 0.29) is 30.3 Å². The quantitative estimate of drug-likeness (QED) is 0.401. The highest BCUT2D eigenvalue weighted by Crippen LogP contribution is 2.27. The van der Waals surface area contributed by atoms with E-state index in [4.69, 9.17) is 0 Å². The molecule has 4 amide bonds. The van der Waals surface area contributed by atoms with Crippen molar-refractivity contribution in [1.29, 1.82) is 0 Å². The molecule has 0 bridgehead atoms. The second kappa shape index (κ2) is 14.7. The molecule has 0 radical (unpaired) electrons. The number of nitrogens with zero attached hydrogens (tertiary/aromatic N) is 6. The first-order chi connectivity index (χ1) is 23.4. The summed E-state index contributed by atoms with van der Waals surface area (Å²) in [6, 6.07) is 14.7. The van der Waals surface area contributed by atoms with Gasteiger partial charge >= 0.3 is 6.03 Å². The Morgan fingerprint density at radius 3 is 2.48 bits per heavy atom. The molecule has 0 spiro atoms. The van der Waals surface area contributed by atoms with E-state index in [1.807, 2.05) is 45.0 Å². The Hall–Kier alpha value is -3.96. The number of urea groups is 1. The van der Waals surface area contributed by atoms with Crippen LogP contribution in [0.5, 0.6) is 0 Å². The molecule has 1 atom stereocenters. The van der Waals surface area contributed by atoms with Gasteiger partial charge in [-0.05, 0) is 94.4 Å². The smallest absolute Gasteiger partial charge is 0.322 e. The number of para-hydroxylation sites is 1. The Bertz CT molecular complexity index is 1590. The summed E-state index contributed by atoms with van der Waals surface area (Å²) in [6.07, 6.45) is 7.99. The van der Waals surface area contributed by atoms with Gasteiger partial charge in [0, 0.05) is 75.4 Å². The highest BCUT2D eigenvalue weighted by molar-refractivity contribution is 5.91. The van der Waals surface area contributed by atoms with E-state index >= 15 is 0 Å². The zero-order chi connectivity index (χ0) is 33.0. The molecule has 3 fully saturated rings. The van der Waals surface area contributed by atoms with Crippen molar-refractivity contribution in [3.05, 3.63) is 59.8 Å². The number of amides is 4.